The second kappa shape index (κ2) is 6.81. The Hall–Kier alpha value is -2.47. The van der Waals surface area contributed by atoms with Crippen molar-refractivity contribution >= 4 is 11.4 Å². The lowest BCUT2D eigenvalue weighted by Crippen LogP contribution is -2.01. The molecule has 0 fully saturated rings. The Morgan fingerprint density at radius 3 is 2.48 bits per heavy atom. The summed E-state index contributed by atoms with van der Waals surface area (Å²) in [5.41, 5.74) is 2.06. The minimum atomic E-state index is -0.838. The maximum atomic E-state index is 13.2. The van der Waals surface area contributed by atoms with E-state index < -0.39 is 16.4 Å². The van der Waals surface area contributed by atoms with E-state index >= 15 is 0 Å². The molecule has 0 aliphatic carbocycles. The third kappa shape index (κ3) is 4.00. The highest BCUT2D eigenvalue weighted by molar-refractivity contribution is 5.52. The van der Waals surface area contributed by atoms with Crippen LogP contribution in [-0.4, -0.2) is 12.0 Å². The normalized spacial score (nSPS) is 10.4. The highest BCUT2D eigenvalue weighted by atomic mass is 19.1. The molecule has 0 aliphatic rings. The molecule has 0 aliphatic heterocycles. The number of rotatable bonds is 6. The van der Waals surface area contributed by atoms with E-state index in [-0.39, 0.29) is 0 Å². The Labute approximate surface area is 121 Å². The maximum Gasteiger partial charge on any atom is 0.306 e. The highest BCUT2D eigenvalue weighted by Crippen LogP contribution is 2.22. The van der Waals surface area contributed by atoms with Crippen molar-refractivity contribution < 1.29 is 14.1 Å². The molecule has 2 aromatic rings. The molecule has 21 heavy (non-hydrogen) atoms. The summed E-state index contributed by atoms with van der Waals surface area (Å²) in [4.78, 5) is 9.94. The molecule has 0 saturated carbocycles. The van der Waals surface area contributed by atoms with Gasteiger partial charge in [-0.15, -0.1) is 0 Å². The van der Waals surface area contributed by atoms with Gasteiger partial charge in [-0.2, -0.15) is 4.39 Å². The lowest BCUT2D eigenvalue weighted by molar-refractivity contribution is -0.387. The standard InChI is InChI=1S/C15H15FN2O3/c1-21-10-12-4-2-11(3-5-12)9-17-13-6-7-14(16)15(8-13)18(19)20/h2-8,17H,9-10H2,1H3. The molecular weight excluding hydrogens is 275 g/mol. The summed E-state index contributed by atoms with van der Waals surface area (Å²) in [6.07, 6.45) is 0. The molecule has 0 aromatic heterocycles. The third-order valence-electron chi connectivity index (χ3n) is 2.97. The topological polar surface area (TPSA) is 64.4 Å². The molecule has 0 amide bonds. The van der Waals surface area contributed by atoms with E-state index in [0.717, 1.165) is 17.2 Å². The molecular formula is C15H15FN2O3. The zero-order valence-corrected chi connectivity index (χ0v) is 11.5. The van der Waals surface area contributed by atoms with Crippen molar-refractivity contribution in [1.29, 1.82) is 0 Å². The lowest BCUT2D eigenvalue weighted by Gasteiger charge is -2.07. The predicted molar refractivity (Wildman–Crippen MR) is 77.5 cm³/mol. The summed E-state index contributed by atoms with van der Waals surface area (Å²) in [5.74, 6) is -0.838. The van der Waals surface area contributed by atoms with E-state index in [9.17, 15) is 14.5 Å². The Morgan fingerprint density at radius 2 is 1.86 bits per heavy atom. The SMILES string of the molecule is COCc1ccc(CNc2ccc(F)c([N+](=O)[O-])c2)cc1. The van der Waals surface area contributed by atoms with Gasteiger partial charge in [0.2, 0.25) is 5.82 Å². The monoisotopic (exact) mass is 290 g/mol. The number of benzene rings is 2. The lowest BCUT2D eigenvalue weighted by atomic mass is 10.1. The zero-order chi connectivity index (χ0) is 15.2. The van der Waals surface area contributed by atoms with Gasteiger partial charge >= 0.3 is 5.69 Å². The Morgan fingerprint density at radius 1 is 1.19 bits per heavy atom. The first-order valence-electron chi connectivity index (χ1n) is 6.34. The first-order valence-corrected chi connectivity index (χ1v) is 6.34. The molecule has 5 nitrogen and oxygen atoms in total. The van der Waals surface area contributed by atoms with Gasteiger partial charge in [0.25, 0.3) is 0 Å². The molecule has 2 rings (SSSR count). The summed E-state index contributed by atoms with van der Waals surface area (Å²) in [6.45, 7) is 1.05. The number of nitrogens with zero attached hydrogens (tertiary/aromatic N) is 1. The molecule has 6 heteroatoms. The fraction of sp³-hybridized carbons (Fsp3) is 0.200. The van der Waals surface area contributed by atoms with Crippen LogP contribution in [0.1, 0.15) is 11.1 Å². The van der Waals surface area contributed by atoms with Crippen LogP contribution in [0.4, 0.5) is 15.8 Å². The Bertz CT molecular complexity index is 629. The van der Waals surface area contributed by atoms with Gasteiger partial charge in [-0.1, -0.05) is 24.3 Å². The van der Waals surface area contributed by atoms with Crippen molar-refractivity contribution in [2.75, 3.05) is 12.4 Å². The summed E-state index contributed by atoms with van der Waals surface area (Å²) in [5, 5.41) is 13.7. The summed E-state index contributed by atoms with van der Waals surface area (Å²) in [6, 6.07) is 11.5. The van der Waals surface area contributed by atoms with Crippen LogP contribution in [0.15, 0.2) is 42.5 Å². The number of nitro benzene ring substituents is 1. The van der Waals surface area contributed by atoms with Crippen LogP contribution < -0.4 is 5.32 Å². The van der Waals surface area contributed by atoms with Gasteiger partial charge < -0.3 is 10.1 Å². The number of nitro groups is 1. The molecule has 1 N–H and O–H groups in total. The largest absolute Gasteiger partial charge is 0.381 e. The van der Waals surface area contributed by atoms with Crippen molar-refractivity contribution in [2.24, 2.45) is 0 Å². The van der Waals surface area contributed by atoms with Gasteiger partial charge in [-0.25, -0.2) is 0 Å². The molecule has 110 valence electrons. The highest BCUT2D eigenvalue weighted by Gasteiger charge is 2.13. The maximum absolute atomic E-state index is 13.2. The zero-order valence-electron chi connectivity index (χ0n) is 11.5. The van der Waals surface area contributed by atoms with Crippen LogP contribution in [0, 0.1) is 15.9 Å². The van der Waals surface area contributed by atoms with E-state index in [2.05, 4.69) is 5.32 Å². The van der Waals surface area contributed by atoms with Crippen LogP contribution in [-0.2, 0) is 17.9 Å². The summed E-state index contributed by atoms with van der Waals surface area (Å²) >= 11 is 0. The average Bonchev–Trinajstić information content (AvgIpc) is 2.48. The van der Waals surface area contributed by atoms with Crippen molar-refractivity contribution in [3.8, 4) is 0 Å². The van der Waals surface area contributed by atoms with Gasteiger partial charge in [-0.05, 0) is 23.3 Å². The smallest absolute Gasteiger partial charge is 0.306 e. The van der Waals surface area contributed by atoms with Gasteiger partial charge in [0.15, 0.2) is 0 Å². The predicted octanol–water partition coefficient (Wildman–Crippen LogP) is 3.49. The van der Waals surface area contributed by atoms with Crippen LogP contribution >= 0.6 is 0 Å². The molecule has 0 radical (unpaired) electrons. The number of halogens is 1. The molecule has 0 unspecified atom stereocenters. The molecule has 0 saturated heterocycles. The fourth-order valence-corrected chi connectivity index (χ4v) is 1.89. The number of hydrogen-bond acceptors (Lipinski definition) is 4. The van der Waals surface area contributed by atoms with E-state index in [0.29, 0.717) is 18.8 Å². The van der Waals surface area contributed by atoms with Crippen molar-refractivity contribution in [3.63, 3.8) is 0 Å². The minimum absolute atomic E-state index is 0.496. The number of anilines is 1. The van der Waals surface area contributed by atoms with Crippen molar-refractivity contribution in [1.82, 2.24) is 0 Å². The van der Waals surface area contributed by atoms with Gasteiger partial charge in [0, 0.05) is 25.4 Å². The van der Waals surface area contributed by atoms with Gasteiger partial charge in [0.1, 0.15) is 0 Å². The molecule has 2 aromatic carbocycles. The Kier molecular flexibility index (Phi) is 4.84. The van der Waals surface area contributed by atoms with E-state index in [1.165, 1.54) is 12.1 Å². The first kappa shape index (κ1) is 14.9. The first-order chi connectivity index (χ1) is 10.1. The Balaban J connectivity index is 2.02. The minimum Gasteiger partial charge on any atom is -0.381 e. The van der Waals surface area contributed by atoms with Crippen LogP contribution in [0.2, 0.25) is 0 Å². The van der Waals surface area contributed by atoms with E-state index in [1.807, 2.05) is 24.3 Å². The molecule has 0 spiro atoms. The number of ether oxygens (including phenoxy) is 1. The van der Waals surface area contributed by atoms with Crippen molar-refractivity contribution in [2.45, 2.75) is 13.2 Å². The van der Waals surface area contributed by atoms with E-state index in [1.54, 1.807) is 7.11 Å². The van der Waals surface area contributed by atoms with Crippen molar-refractivity contribution in [3.05, 3.63) is 69.5 Å². The summed E-state index contributed by atoms with van der Waals surface area (Å²) < 4.78 is 18.2. The third-order valence-corrected chi connectivity index (χ3v) is 2.97. The number of hydrogen-bond donors (Lipinski definition) is 1. The van der Waals surface area contributed by atoms with E-state index in [4.69, 9.17) is 4.74 Å². The fourth-order valence-electron chi connectivity index (χ4n) is 1.89. The molecule has 0 heterocycles. The number of nitrogens with one attached hydrogen (secondary N) is 1. The van der Waals surface area contributed by atoms with Crippen LogP contribution in [0.3, 0.4) is 0 Å². The van der Waals surface area contributed by atoms with Crippen LogP contribution in [0.25, 0.3) is 0 Å². The van der Waals surface area contributed by atoms with Gasteiger partial charge in [0.05, 0.1) is 11.5 Å². The molecule has 0 bridgehead atoms. The number of methoxy groups -OCH3 is 1. The molecule has 0 atom stereocenters. The second-order valence-electron chi connectivity index (χ2n) is 4.53. The summed E-state index contributed by atoms with van der Waals surface area (Å²) in [7, 11) is 1.64. The average molecular weight is 290 g/mol. The second-order valence-corrected chi connectivity index (χ2v) is 4.53. The quantitative estimate of drug-likeness (QED) is 0.653. The van der Waals surface area contributed by atoms with Gasteiger partial charge in [-0.3, -0.25) is 10.1 Å². The van der Waals surface area contributed by atoms with Crippen LogP contribution in [0.5, 0.6) is 0 Å².